The SMILES string of the molecule is CC(C)Oc1ccccc1/C=C1\C(=O)Nc2ccc(Cl)cc21. The first kappa shape index (κ1) is 14.7. The van der Waals surface area contributed by atoms with Crippen molar-refractivity contribution in [2.75, 3.05) is 5.32 Å². The van der Waals surface area contributed by atoms with Crippen molar-refractivity contribution in [2.45, 2.75) is 20.0 Å². The smallest absolute Gasteiger partial charge is 0.256 e. The fourth-order valence-electron chi connectivity index (χ4n) is 2.42. The lowest BCUT2D eigenvalue weighted by Gasteiger charge is -2.12. The minimum Gasteiger partial charge on any atom is -0.490 e. The van der Waals surface area contributed by atoms with Gasteiger partial charge in [0.15, 0.2) is 0 Å². The Morgan fingerprint density at radius 2 is 1.95 bits per heavy atom. The van der Waals surface area contributed by atoms with Crippen LogP contribution in [0.15, 0.2) is 42.5 Å². The highest BCUT2D eigenvalue weighted by Crippen LogP contribution is 2.36. The van der Waals surface area contributed by atoms with Gasteiger partial charge in [-0.1, -0.05) is 29.8 Å². The minimum atomic E-state index is -0.128. The first-order valence-electron chi connectivity index (χ1n) is 7.13. The van der Waals surface area contributed by atoms with Crippen molar-refractivity contribution in [1.29, 1.82) is 0 Å². The molecule has 0 spiro atoms. The number of hydrogen-bond donors (Lipinski definition) is 1. The molecule has 0 saturated heterocycles. The molecule has 112 valence electrons. The van der Waals surface area contributed by atoms with Crippen molar-refractivity contribution in [1.82, 2.24) is 0 Å². The molecule has 0 fully saturated rings. The van der Waals surface area contributed by atoms with Gasteiger partial charge in [0.1, 0.15) is 5.75 Å². The maximum atomic E-state index is 12.2. The van der Waals surface area contributed by atoms with Gasteiger partial charge in [-0.3, -0.25) is 4.79 Å². The standard InChI is InChI=1S/C18H16ClNO2/c1-11(2)22-17-6-4-3-5-12(17)9-15-14-10-13(19)7-8-16(14)20-18(15)21/h3-11H,1-2H3,(H,20,21)/b15-9-. The zero-order valence-electron chi connectivity index (χ0n) is 12.4. The van der Waals surface area contributed by atoms with Gasteiger partial charge in [-0.05, 0) is 44.2 Å². The lowest BCUT2D eigenvalue weighted by atomic mass is 10.0. The van der Waals surface area contributed by atoms with Crippen LogP contribution in [0.4, 0.5) is 5.69 Å². The first-order chi connectivity index (χ1) is 10.5. The summed E-state index contributed by atoms with van der Waals surface area (Å²) in [6.45, 7) is 3.95. The Kier molecular flexibility index (Phi) is 3.90. The highest BCUT2D eigenvalue weighted by molar-refractivity contribution is 6.36. The fraction of sp³-hybridized carbons (Fsp3) is 0.167. The first-order valence-corrected chi connectivity index (χ1v) is 7.51. The fourth-order valence-corrected chi connectivity index (χ4v) is 2.59. The van der Waals surface area contributed by atoms with E-state index in [9.17, 15) is 4.79 Å². The van der Waals surface area contributed by atoms with Crippen LogP contribution in [0.1, 0.15) is 25.0 Å². The van der Waals surface area contributed by atoms with Gasteiger partial charge in [-0.2, -0.15) is 0 Å². The number of halogens is 1. The van der Waals surface area contributed by atoms with Crippen molar-refractivity contribution in [3.05, 3.63) is 58.6 Å². The van der Waals surface area contributed by atoms with Gasteiger partial charge < -0.3 is 10.1 Å². The molecule has 0 saturated carbocycles. The average molecular weight is 314 g/mol. The lowest BCUT2D eigenvalue weighted by Crippen LogP contribution is -2.07. The Morgan fingerprint density at radius 3 is 2.73 bits per heavy atom. The molecule has 1 aliphatic heterocycles. The molecule has 1 amide bonds. The van der Waals surface area contributed by atoms with Gasteiger partial charge in [0.05, 0.1) is 6.10 Å². The molecule has 3 nitrogen and oxygen atoms in total. The highest BCUT2D eigenvalue weighted by atomic mass is 35.5. The molecular formula is C18H16ClNO2. The topological polar surface area (TPSA) is 38.3 Å². The molecule has 0 bridgehead atoms. The Bertz CT molecular complexity index is 765. The lowest BCUT2D eigenvalue weighted by molar-refractivity contribution is -0.110. The summed E-state index contributed by atoms with van der Waals surface area (Å²) in [5, 5.41) is 3.45. The molecule has 1 heterocycles. The van der Waals surface area contributed by atoms with E-state index in [1.165, 1.54) is 0 Å². The van der Waals surface area contributed by atoms with Gasteiger partial charge in [0.2, 0.25) is 0 Å². The molecule has 0 radical (unpaired) electrons. The number of ether oxygens (including phenoxy) is 1. The molecule has 3 rings (SSSR count). The summed E-state index contributed by atoms with van der Waals surface area (Å²) in [6.07, 6.45) is 1.91. The minimum absolute atomic E-state index is 0.0682. The molecule has 4 heteroatoms. The molecule has 2 aromatic rings. The second-order valence-electron chi connectivity index (χ2n) is 5.41. The molecular weight excluding hydrogens is 298 g/mol. The zero-order valence-corrected chi connectivity index (χ0v) is 13.1. The summed E-state index contributed by atoms with van der Waals surface area (Å²) >= 11 is 6.05. The van der Waals surface area contributed by atoms with Crippen molar-refractivity contribution >= 4 is 34.8 Å². The maximum Gasteiger partial charge on any atom is 0.256 e. The van der Waals surface area contributed by atoms with E-state index in [1.54, 1.807) is 12.1 Å². The second kappa shape index (κ2) is 5.85. The number of carbonyl (C=O) groups excluding carboxylic acids is 1. The number of rotatable bonds is 3. The highest BCUT2D eigenvalue weighted by Gasteiger charge is 2.24. The summed E-state index contributed by atoms with van der Waals surface area (Å²) in [7, 11) is 0. The van der Waals surface area contributed by atoms with E-state index in [0.717, 1.165) is 22.6 Å². The number of nitrogens with one attached hydrogen (secondary N) is 1. The van der Waals surface area contributed by atoms with Crippen LogP contribution in [0.5, 0.6) is 5.75 Å². The van der Waals surface area contributed by atoms with E-state index in [-0.39, 0.29) is 12.0 Å². The third-order valence-corrected chi connectivity index (χ3v) is 3.58. The Balaban J connectivity index is 2.07. The second-order valence-corrected chi connectivity index (χ2v) is 5.84. The maximum absolute atomic E-state index is 12.2. The zero-order chi connectivity index (χ0) is 15.7. The van der Waals surface area contributed by atoms with Crippen LogP contribution in [0.2, 0.25) is 5.02 Å². The average Bonchev–Trinajstić information content (AvgIpc) is 2.76. The Morgan fingerprint density at radius 1 is 1.18 bits per heavy atom. The van der Waals surface area contributed by atoms with Crippen LogP contribution in [0, 0.1) is 0 Å². The molecule has 22 heavy (non-hydrogen) atoms. The van der Waals surface area contributed by atoms with Crippen molar-refractivity contribution < 1.29 is 9.53 Å². The van der Waals surface area contributed by atoms with E-state index in [4.69, 9.17) is 16.3 Å². The van der Waals surface area contributed by atoms with Gasteiger partial charge in [-0.25, -0.2) is 0 Å². The predicted molar refractivity (Wildman–Crippen MR) is 90.2 cm³/mol. The summed E-state index contributed by atoms with van der Waals surface area (Å²) in [5.41, 5.74) is 3.06. The number of para-hydroxylation sites is 1. The van der Waals surface area contributed by atoms with Crippen LogP contribution < -0.4 is 10.1 Å². The summed E-state index contributed by atoms with van der Waals surface area (Å²) < 4.78 is 5.80. The monoisotopic (exact) mass is 313 g/mol. The molecule has 0 aromatic heterocycles. The Hall–Kier alpha value is -2.26. The van der Waals surface area contributed by atoms with Crippen LogP contribution in [0.25, 0.3) is 11.6 Å². The molecule has 1 N–H and O–H groups in total. The predicted octanol–water partition coefficient (Wildman–Crippen LogP) is 4.62. The quantitative estimate of drug-likeness (QED) is 0.840. The van der Waals surface area contributed by atoms with E-state index in [1.807, 2.05) is 50.3 Å². The Labute approximate surface area is 134 Å². The van der Waals surface area contributed by atoms with Crippen LogP contribution in [-0.2, 0) is 4.79 Å². The number of fused-ring (bicyclic) bond motifs is 1. The summed E-state index contributed by atoms with van der Waals surface area (Å²) in [5.74, 6) is 0.630. The van der Waals surface area contributed by atoms with Crippen molar-refractivity contribution in [3.63, 3.8) is 0 Å². The molecule has 0 atom stereocenters. The summed E-state index contributed by atoms with van der Waals surface area (Å²) in [6, 6.07) is 13.0. The van der Waals surface area contributed by atoms with Crippen molar-refractivity contribution in [2.24, 2.45) is 0 Å². The van der Waals surface area contributed by atoms with Crippen LogP contribution >= 0.6 is 11.6 Å². The largest absolute Gasteiger partial charge is 0.490 e. The molecule has 0 unspecified atom stereocenters. The van der Waals surface area contributed by atoms with E-state index in [2.05, 4.69) is 5.32 Å². The number of hydrogen-bond acceptors (Lipinski definition) is 2. The third-order valence-electron chi connectivity index (χ3n) is 3.35. The van der Waals surface area contributed by atoms with Gasteiger partial charge >= 0.3 is 0 Å². The van der Waals surface area contributed by atoms with Crippen LogP contribution in [0.3, 0.4) is 0 Å². The molecule has 0 aliphatic carbocycles. The number of anilines is 1. The third kappa shape index (κ3) is 2.85. The van der Waals surface area contributed by atoms with Crippen molar-refractivity contribution in [3.8, 4) is 5.75 Å². The van der Waals surface area contributed by atoms with Gasteiger partial charge in [-0.15, -0.1) is 0 Å². The van der Waals surface area contributed by atoms with E-state index >= 15 is 0 Å². The molecule has 1 aliphatic rings. The number of carbonyl (C=O) groups is 1. The van der Waals surface area contributed by atoms with E-state index < -0.39 is 0 Å². The summed E-state index contributed by atoms with van der Waals surface area (Å²) in [4.78, 5) is 12.2. The molecule has 2 aromatic carbocycles. The van der Waals surface area contributed by atoms with E-state index in [0.29, 0.717) is 10.6 Å². The number of amides is 1. The number of benzene rings is 2. The van der Waals surface area contributed by atoms with Gasteiger partial charge in [0.25, 0.3) is 5.91 Å². The normalized spacial score (nSPS) is 15.1. The van der Waals surface area contributed by atoms with Gasteiger partial charge in [0, 0.05) is 27.4 Å². The van der Waals surface area contributed by atoms with Crippen LogP contribution in [-0.4, -0.2) is 12.0 Å².